The zero-order valence-corrected chi connectivity index (χ0v) is 10.8. The van der Waals surface area contributed by atoms with E-state index >= 15 is 0 Å². The quantitative estimate of drug-likeness (QED) is 0.878. The lowest BCUT2D eigenvalue weighted by molar-refractivity contribution is 0.0521. The van der Waals surface area contributed by atoms with E-state index in [2.05, 4.69) is 4.98 Å². The molecule has 2 rings (SSSR count). The van der Waals surface area contributed by atoms with Crippen molar-refractivity contribution in [3.8, 4) is 5.69 Å². The van der Waals surface area contributed by atoms with Crippen LogP contribution in [0.4, 0.5) is 10.2 Å². The second-order valence-electron chi connectivity index (χ2n) is 3.70. The van der Waals surface area contributed by atoms with Gasteiger partial charge in [0.05, 0.1) is 12.3 Å². The number of esters is 1. The third kappa shape index (κ3) is 2.68. The number of imidazole rings is 1. The Morgan fingerprint density at radius 2 is 2.26 bits per heavy atom. The van der Waals surface area contributed by atoms with Gasteiger partial charge >= 0.3 is 5.97 Å². The highest BCUT2D eigenvalue weighted by atomic mass is 35.5. The van der Waals surface area contributed by atoms with Crippen LogP contribution in [0.1, 0.15) is 17.4 Å². The van der Waals surface area contributed by atoms with E-state index in [1.807, 2.05) is 0 Å². The largest absolute Gasteiger partial charge is 0.461 e. The van der Waals surface area contributed by atoms with Crippen LogP contribution in [0, 0.1) is 5.82 Å². The number of carbonyl (C=O) groups excluding carboxylic acids is 1. The summed E-state index contributed by atoms with van der Waals surface area (Å²) < 4.78 is 19.5. The average molecular weight is 284 g/mol. The highest BCUT2D eigenvalue weighted by Crippen LogP contribution is 2.22. The van der Waals surface area contributed by atoms with Gasteiger partial charge in [-0.3, -0.25) is 4.57 Å². The number of aromatic nitrogens is 2. The summed E-state index contributed by atoms with van der Waals surface area (Å²) in [5.74, 6) is -1.06. The molecule has 2 aromatic rings. The monoisotopic (exact) mass is 283 g/mol. The molecule has 7 heteroatoms. The lowest BCUT2D eigenvalue weighted by Gasteiger charge is -2.06. The standard InChI is InChI=1S/C12H11ClFN3O2/c1-2-19-12(18)10-11(15)17(6-16-10)9-4-7(13)3-8(14)5-9/h3-6H,2,15H2,1H3. The highest BCUT2D eigenvalue weighted by Gasteiger charge is 2.18. The second-order valence-corrected chi connectivity index (χ2v) is 4.13. The lowest BCUT2D eigenvalue weighted by Crippen LogP contribution is -2.09. The van der Waals surface area contributed by atoms with E-state index < -0.39 is 11.8 Å². The van der Waals surface area contributed by atoms with Gasteiger partial charge in [0.1, 0.15) is 18.0 Å². The van der Waals surface area contributed by atoms with Crippen LogP contribution in [0.2, 0.25) is 5.02 Å². The third-order valence-electron chi connectivity index (χ3n) is 2.40. The number of halogens is 2. The fourth-order valence-corrected chi connectivity index (χ4v) is 1.81. The van der Waals surface area contributed by atoms with E-state index in [-0.39, 0.29) is 23.1 Å². The van der Waals surface area contributed by atoms with Crippen molar-refractivity contribution in [3.05, 3.63) is 41.1 Å². The Labute approximate surface area is 113 Å². The molecule has 0 aliphatic carbocycles. The number of benzene rings is 1. The Kier molecular flexibility index (Phi) is 3.71. The van der Waals surface area contributed by atoms with Crippen molar-refractivity contribution in [1.29, 1.82) is 0 Å². The van der Waals surface area contributed by atoms with E-state index in [1.165, 1.54) is 29.1 Å². The summed E-state index contributed by atoms with van der Waals surface area (Å²) in [6.07, 6.45) is 1.31. The molecule has 0 amide bonds. The molecule has 1 heterocycles. The van der Waals surface area contributed by atoms with Crippen LogP contribution in [0.5, 0.6) is 0 Å². The lowest BCUT2D eigenvalue weighted by atomic mass is 10.3. The van der Waals surface area contributed by atoms with E-state index in [0.29, 0.717) is 5.69 Å². The number of carbonyl (C=O) groups is 1. The van der Waals surface area contributed by atoms with Crippen molar-refractivity contribution in [2.24, 2.45) is 0 Å². The van der Waals surface area contributed by atoms with E-state index in [0.717, 1.165) is 0 Å². The van der Waals surface area contributed by atoms with Crippen molar-refractivity contribution in [2.45, 2.75) is 6.92 Å². The molecule has 2 N–H and O–H groups in total. The van der Waals surface area contributed by atoms with Gasteiger partial charge in [-0.05, 0) is 25.1 Å². The zero-order valence-electron chi connectivity index (χ0n) is 10.1. The minimum Gasteiger partial charge on any atom is -0.461 e. The first-order valence-electron chi connectivity index (χ1n) is 5.49. The topological polar surface area (TPSA) is 70.1 Å². The minimum atomic E-state index is -0.624. The molecule has 0 bridgehead atoms. The van der Waals surface area contributed by atoms with Gasteiger partial charge in [0, 0.05) is 5.02 Å². The second kappa shape index (κ2) is 5.27. The molecule has 0 radical (unpaired) electrons. The predicted octanol–water partition coefficient (Wildman–Crippen LogP) is 2.42. The molecule has 5 nitrogen and oxygen atoms in total. The van der Waals surface area contributed by atoms with Crippen LogP contribution in [0.3, 0.4) is 0 Å². The molecule has 0 fully saturated rings. The zero-order chi connectivity index (χ0) is 14.0. The molecular formula is C12H11ClFN3O2. The number of anilines is 1. The van der Waals surface area contributed by atoms with Crippen molar-refractivity contribution >= 4 is 23.4 Å². The maximum absolute atomic E-state index is 13.3. The molecule has 0 aliphatic heterocycles. The summed E-state index contributed by atoms with van der Waals surface area (Å²) in [6.45, 7) is 1.90. The first kappa shape index (κ1) is 13.4. The molecule has 0 unspecified atom stereocenters. The van der Waals surface area contributed by atoms with Gasteiger partial charge in [0.25, 0.3) is 0 Å². The van der Waals surface area contributed by atoms with Gasteiger partial charge in [-0.2, -0.15) is 0 Å². The Bertz CT molecular complexity index is 607. The number of rotatable bonds is 3. The van der Waals surface area contributed by atoms with Crippen LogP contribution < -0.4 is 5.73 Å². The van der Waals surface area contributed by atoms with Gasteiger partial charge in [0.2, 0.25) is 0 Å². The van der Waals surface area contributed by atoms with Crippen LogP contribution in [0.25, 0.3) is 5.69 Å². The third-order valence-corrected chi connectivity index (χ3v) is 2.62. The molecule has 1 aromatic heterocycles. The van der Waals surface area contributed by atoms with Crippen LogP contribution in [-0.4, -0.2) is 22.1 Å². The number of hydrogen-bond donors (Lipinski definition) is 1. The summed E-state index contributed by atoms with van der Waals surface area (Å²) in [5, 5.41) is 0.223. The van der Waals surface area contributed by atoms with Crippen LogP contribution in [-0.2, 0) is 4.74 Å². The van der Waals surface area contributed by atoms with Gasteiger partial charge in [-0.15, -0.1) is 0 Å². The number of nitrogens with two attached hydrogens (primary N) is 1. The number of ether oxygens (including phenoxy) is 1. The summed E-state index contributed by atoms with van der Waals surface area (Å²) in [5.41, 5.74) is 6.17. The smallest absolute Gasteiger partial charge is 0.360 e. The fraction of sp³-hybridized carbons (Fsp3) is 0.167. The van der Waals surface area contributed by atoms with Crippen LogP contribution in [0.15, 0.2) is 24.5 Å². The Hall–Kier alpha value is -2.08. The average Bonchev–Trinajstić information content (AvgIpc) is 2.70. The van der Waals surface area contributed by atoms with Gasteiger partial charge in [-0.25, -0.2) is 14.2 Å². The normalized spacial score (nSPS) is 10.5. The maximum atomic E-state index is 13.3. The van der Waals surface area contributed by atoms with E-state index in [9.17, 15) is 9.18 Å². The summed E-state index contributed by atoms with van der Waals surface area (Å²) in [7, 11) is 0. The van der Waals surface area contributed by atoms with Crippen molar-refractivity contribution < 1.29 is 13.9 Å². The highest BCUT2D eigenvalue weighted by molar-refractivity contribution is 6.30. The first-order chi connectivity index (χ1) is 9.02. The fourth-order valence-electron chi connectivity index (χ4n) is 1.60. The molecule has 19 heavy (non-hydrogen) atoms. The van der Waals surface area contributed by atoms with Crippen molar-refractivity contribution in [2.75, 3.05) is 12.3 Å². The molecule has 0 atom stereocenters. The van der Waals surface area contributed by atoms with E-state index in [4.69, 9.17) is 22.1 Å². The summed E-state index contributed by atoms with van der Waals surface area (Å²) >= 11 is 5.77. The number of hydrogen-bond acceptors (Lipinski definition) is 4. The molecule has 0 saturated carbocycles. The molecule has 0 saturated heterocycles. The first-order valence-corrected chi connectivity index (χ1v) is 5.87. The molecule has 0 spiro atoms. The predicted molar refractivity (Wildman–Crippen MR) is 68.9 cm³/mol. The number of nitrogen functional groups attached to an aromatic ring is 1. The molecule has 1 aromatic carbocycles. The van der Waals surface area contributed by atoms with Gasteiger partial charge in [0.15, 0.2) is 5.69 Å². The Balaban J connectivity index is 2.44. The molecular weight excluding hydrogens is 273 g/mol. The van der Waals surface area contributed by atoms with Gasteiger partial charge < -0.3 is 10.5 Å². The Morgan fingerprint density at radius 1 is 1.53 bits per heavy atom. The molecule has 100 valence electrons. The minimum absolute atomic E-state index is 0.0118. The van der Waals surface area contributed by atoms with Crippen molar-refractivity contribution in [3.63, 3.8) is 0 Å². The molecule has 0 aliphatic rings. The summed E-state index contributed by atoms with van der Waals surface area (Å²) in [6, 6.07) is 3.92. The Morgan fingerprint density at radius 3 is 2.89 bits per heavy atom. The number of nitrogens with zero attached hydrogens (tertiary/aromatic N) is 2. The van der Waals surface area contributed by atoms with E-state index in [1.54, 1.807) is 6.92 Å². The SMILES string of the molecule is CCOC(=O)c1ncn(-c2cc(F)cc(Cl)c2)c1N. The van der Waals surface area contributed by atoms with Crippen LogP contribution >= 0.6 is 11.6 Å². The maximum Gasteiger partial charge on any atom is 0.360 e. The summed E-state index contributed by atoms with van der Waals surface area (Å²) in [4.78, 5) is 15.4. The van der Waals surface area contributed by atoms with Gasteiger partial charge in [-0.1, -0.05) is 11.6 Å². The van der Waals surface area contributed by atoms with Crippen molar-refractivity contribution in [1.82, 2.24) is 9.55 Å².